The molecule has 1 amide bonds. The molecule has 1 unspecified atom stereocenters. The highest BCUT2D eigenvalue weighted by Crippen LogP contribution is 2.16. The maximum absolute atomic E-state index is 12.2. The summed E-state index contributed by atoms with van der Waals surface area (Å²) in [4.78, 5) is 16.1. The van der Waals surface area contributed by atoms with Crippen molar-refractivity contribution < 1.29 is 18.8 Å². The molecule has 3 rings (SSSR count). The van der Waals surface area contributed by atoms with Crippen LogP contribution in [-0.2, 0) is 11.3 Å². The number of aromatic nitrogens is 4. The van der Waals surface area contributed by atoms with Crippen molar-refractivity contribution in [3.63, 3.8) is 0 Å². The summed E-state index contributed by atoms with van der Waals surface area (Å²) in [6, 6.07) is 8.87. The molecule has 27 heavy (non-hydrogen) atoms. The Balaban J connectivity index is 1.54. The van der Waals surface area contributed by atoms with Crippen LogP contribution in [0.2, 0.25) is 0 Å². The highest BCUT2D eigenvalue weighted by atomic mass is 16.5. The van der Waals surface area contributed by atoms with Crippen LogP contribution in [0, 0.1) is 0 Å². The van der Waals surface area contributed by atoms with E-state index in [0.717, 1.165) is 12.1 Å². The van der Waals surface area contributed by atoms with E-state index in [1.807, 2.05) is 31.2 Å². The lowest BCUT2D eigenvalue weighted by Crippen LogP contribution is -2.37. The van der Waals surface area contributed by atoms with Crippen LogP contribution in [0.3, 0.4) is 0 Å². The summed E-state index contributed by atoms with van der Waals surface area (Å²) < 4.78 is 17.6. The Morgan fingerprint density at radius 3 is 2.81 bits per heavy atom. The second-order valence-corrected chi connectivity index (χ2v) is 5.84. The lowest BCUT2D eigenvalue weighted by molar-refractivity contribution is 0.0885. The van der Waals surface area contributed by atoms with E-state index in [-0.39, 0.29) is 24.2 Å². The molecule has 9 heteroatoms. The highest BCUT2D eigenvalue weighted by molar-refractivity contribution is 5.92. The van der Waals surface area contributed by atoms with E-state index in [9.17, 15) is 4.79 Å². The van der Waals surface area contributed by atoms with Gasteiger partial charge in [0.1, 0.15) is 25.0 Å². The largest absolute Gasteiger partial charge is 0.486 e. The summed E-state index contributed by atoms with van der Waals surface area (Å²) >= 11 is 0. The van der Waals surface area contributed by atoms with E-state index in [1.54, 1.807) is 24.2 Å². The van der Waals surface area contributed by atoms with Crippen molar-refractivity contribution in [2.75, 3.05) is 13.7 Å². The molecule has 0 spiro atoms. The molecule has 0 saturated carbocycles. The van der Waals surface area contributed by atoms with Crippen LogP contribution >= 0.6 is 0 Å². The van der Waals surface area contributed by atoms with E-state index in [1.165, 1.54) is 6.33 Å². The first-order chi connectivity index (χ1) is 13.2. The van der Waals surface area contributed by atoms with Crippen molar-refractivity contribution in [3.8, 4) is 11.4 Å². The minimum absolute atomic E-state index is 0.0672. The molecule has 2 heterocycles. The van der Waals surface area contributed by atoms with Gasteiger partial charge >= 0.3 is 0 Å². The predicted molar refractivity (Wildman–Crippen MR) is 95.6 cm³/mol. The molecule has 0 radical (unpaired) electrons. The topological polar surface area (TPSA) is 104 Å². The first kappa shape index (κ1) is 18.6. The van der Waals surface area contributed by atoms with E-state index >= 15 is 0 Å². The van der Waals surface area contributed by atoms with Gasteiger partial charge in [-0.3, -0.25) is 4.79 Å². The quantitative estimate of drug-likeness (QED) is 0.613. The number of hydrogen-bond donors (Lipinski definition) is 1. The Hall–Kier alpha value is -3.20. The molecular weight excluding hydrogens is 350 g/mol. The number of nitrogens with one attached hydrogen (secondary N) is 1. The summed E-state index contributed by atoms with van der Waals surface area (Å²) in [5.41, 5.74) is 1.09. The zero-order valence-corrected chi connectivity index (χ0v) is 15.2. The van der Waals surface area contributed by atoms with Gasteiger partial charge < -0.3 is 19.3 Å². The van der Waals surface area contributed by atoms with Crippen LogP contribution in [-0.4, -0.2) is 45.6 Å². The molecule has 142 valence electrons. The van der Waals surface area contributed by atoms with Gasteiger partial charge in [-0.1, -0.05) is 12.1 Å². The standard InChI is InChI=1S/C18H21N5O4/c1-3-13(9-25-2)21-18(24)17-8-16(27-22-17)10-26-15-6-4-14(5-7-15)23-12-19-11-20-23/h4-8,11-13H,3,9-10H2,1-2H3,(H,21,24). The number of benzene rings is 1. The van der Waals surface area contributed by atoms with Gasteiger partial charge in [0.25, 0.3) is 5.91 Å². The van der Waals surface area contributed by atoms with Gasteiger partial charge in [-0.15, -0.1) is 0 Å². The van der Waals surface area contributed by atoms with Crippen molar-refractivity contribution in [2.24, 2.45) is 0 Å². The third-order valence-electron chi connectivity index (χ3n) is 3.89. The van der Waals surface area contributed by atoms with Crippen LogP contribution in [0.5, 0.6) is 5.75 Å². The number of amides is 1. The Bertz CT molecular complexity index is 845. The molecule has 0 bridgehead atoms. The molecule has 0 aliphatic carbocycles. The SMILES string of the molecule is CCC(COC)NC(=O)c1cc(COc2ccc(-n3cncn3)cc2)on1. The van der Waals surface area contributed by atoms with Gasteiger partial charge in [0.15, 0.2) is 11.5 Å². The summed E-state index contributed by atoms with van der Waals surface area (Å²) in [6.07, 6.45) is 3.85. The zero-order chi connectivity index (χ0) is 19.1. The Morgan fingerprint density at radius 2 is 2.15 bits per heavy atom. The fraction of sp³-hybridized carbons (Fsp3) is 0.333. The second-order valence-electron chi connectivity index (χ2n) is 5.84. The fourth-order valence-corrected chi connectivity index (χ4v) is 2.40. The average molecular weight is 371 g/mol. The lowest BCUT2D eigenvalue weighted by atomic mass is 10.2. The maximum atomic E-state index is 12.2. The summed E-state index contributed by atoms with van der Waals surface area (Å²) in [5.74, 6) is 0.818. The minimum Gasteiger partial charge on any atom is -0.486 e. The lowest BCUT2D eigenvalue weighted by Gasteiger charge is -2.14. The van der Waals surface area contributed by atoms with E-state index in [2.05, 4.69) is 20.6 Å². The molecule has 1 N–H and O–H groups in total. The summed E-state index contributed by atoms with van der Waals surface area (Å²) in [5, 5.41) is 10.7. The van der Waals surface area contributed by atoms with Crippen molar-refractivity contribution in [2.45, 2.75) is 26.0 Å². The molecule has 1 atom stereocenters. The predicted octanol–water partition coefficient (Wildman–Crippen LogP) is 1.99. The van der Waals surface area contributed by atoms with Crippen molar-refractivity contribution in [3.05, 3.63) is 54.4 Å². The summed E-state index contributed by atoms with van der Waals surface area (Å²) in [6.45, 7) is 2.58. The first-order valence-corrected chi connectivity index (χ1v) is 8.53. The number of hydrogen-bond acceptors (Lipinski definition) is 7. The third-order valence-corrected chi connectivity index (χ3v) is 3.89. The Morgan fingerprint density at radius 1 is 1.33 bits per heavy atom. The number of carbonyl (C=O) groups excluding carboxylic acids is 1. The van der Waals surface area contributed by atoms with Crippen LogP contribution in [0.25, 0.3) is 5.69 Å². The molecule has 1 aromatic carbocycles. The second kappa shape index (κ2) is 8.95. The van der Waals surface area contributed by atoms with Crippen LogP contribution in [0.15, 0.2) is 47.5 Å². The third kappa shape index (κ3) is 4.91. The van der Waals surface area contributed by atoms with Gasteiger partial charge in [-0.05, 0) is 30.7 Å². The van der Waals surface area contributed by atoms with Crippen LogP contribution < -0.4 is 10.1 Å². The van der Waals surface area contributed by atoms with Gasteiger partial charge in [0.2, 0.25) is 0 Å². The van der Waals surface area contributed by atoms with Crippen LogP contribution in [0.4, 0.5) is 0 Å². The molecule has 0 aliphatic rings. The van der Waals surface area contributed by atoms with Crippen molar-refractivity contribution in [1.29, 1.82) is 0 Å². The van der Waals surface area contributed by atoms with Crippen molar-refractivity contribution in [1.82, 2.24) is 25.2 Å². The normalized spacial score (nSPS) is 11.9. The van der Waals surface area contributed by atoms with Crippen molar-refractivity contribution >= 4 is 5.91 Å². The summed E-state index contributed by atoms with van der Waals surface area (Å²) in [7, 11) is 1.60. The Kier molecular flexibility index (Phi) is 6.16. The van der Waals surface area contributed by atoms with Gasteiger partial charge in [0, 0.05) is 13.2 Å². The van der Waals surface area contributed by atoms with Crippen LogP contribution in [0.1, 0.15) is 29.6 Å². The smallest absolute Gasteiger partial charge is 0.273 e. The molecule has 2 aromatic heterocycles. The molecule has 0 saturated heterocycles. The molecule has 0 fully saturated rings. The number of rotatable bonds is 9. The van der Waals surface area contributed by atoms with E-state index in [4.69, 9.17) is 14.0 Å². The fourth-order valence-electron chi connectivity index (χ4n) is 2.40. The number of ether oxygens (including phenoxy) is 2. The highest BCUT2D eigenvalue weighted by Gasteiger charge is 2.16. The number of methoxy groups -OCH3 is 1. The minimum atomic E-state index is -0.300. The maximum Gasteiger partial charge on any atom is 0.273 e. The average Bonchev–Trinajstić information content (AvgIpc) is 3.38. The van der Waals surface area contributed by atoms with Gasteiger partial charge in [-0.25, -0.2) is 9.67 Å². The molecular formula is C18H21N5O4. The molecule has 3 aromatic rings. The van der Waals surface area contributed by atoms with E-state index in [0.29, 0.717) is 18.1 Å². The zero-order valence-electron chi connectivity index (χ0n) is 15.2. The monoisotopic (exact) mass is 371 g/mol. The molecule has 0 aliphatic heterocycles. The number of carbonyl (C=O) groups is 1. The Labute approximate surface area is 156 Å². The first-order valence-electron chi connectivity index (χ1n) is 8.53. The van der Waals surface area contributed by atoms with Gasteiger partial charge in [0.05, 0.1) is 18.3 Å². The number of nitrogens with zero attached hydrogens (tertiary/aromatic N) is 4. The van der Waals surface area contributed by atoms with E-state index < -0.39 is 0 Å². The van der Waals surface area contributed by atoms with Gasteiger partial charge in [-0.2, -0.15) is 5.10 Å². The molecule has 9 nitrogen and oxygen atoms in total.